The van der Waals surface area contributed by atoms with Crippen LogP contribution in [0.4, 0.5) is 4.79 Å². The lowest BCUT2D eigenvalue weighted by Gasteiger charge is -2.36. The Labute approximate surface area is 144 Å². The van der Waals surface area contributed by atoms with E-state index >= 15 is 0 Å². The van der Waals surface area contributed by atoms with Crippen molar-refractivity contribution in [2.45, 2.75) is 56.7 Å². The average Bonchev–Trinajstić information content (AvgIpc) is 2.46. The molecule has 2 atom stereocenters. The molecule has 1 saturated heterocycles. The van der Waals surface area contributed by atoms with Crippen LogP contribution in [0.15, 0.2) is 17.3 Å². The fourth-order valence-corrected chi connectivity index (χ4v) is 3.91. The van der Waals surface area contributed by atoms with Crippen molar-refractivity contribution >= 4 is 28.5 Å². The molecule has 1 fully saturated rings. The largest absolute Gasteiger partial charge is 0.444 e. The van der Waals surface area contributed by atoms with E-state index in [1.807, 2.05) is 20.8 Å². The molecule has 128 valence electrons. The number of hydrogen-bond acceptors (Lipinski definition) is 5. The van der Waals surface area contributed by atoms with Crippen LogP contribution < -0.4 is 0 Å². The van der Waals surface area contributed by atoms with Crippen molar-refractivity contribution < 1.29 is 13.7 Å². The maximum absolute atomic E-state index is 12.5. The molecule has 2 rings (SSSR count). The van der Waals surface area contributed by atoms with Crippen molar-refractivity contribution in [1.29, 1.82) is 0 Å². The molecule has 0 spiro atoms. The number of rotatable bonds is 3. The van der Waals surface area contributed by atoms with E-state index in [1.165, 1.54) is 6.20 Å². The van der Waals surface area contributed by atoms with Gasteiger partial charge in [-0.2, -0.15) is 0 Å². The summed E-state index contributed by atoms with van der Waals surface area (Å²) in [4.78, 5) is 21.8. The van der Waals surface area contributed by atoms with E-state index in [9.17, 15) is 9.00 Å². The van der Waals surface area contributed by atoms with E-state index < -0.39 is 16.4 Å². The first-order chi connectivity index (χ1) is 10.8. The molecule has 0 N–H and O–H groups in total. The molecule has 6 nitrogen and oxygen atoms in total. The van der Waals surface area contributed by atoms with Crippen molar-refractivity contribution in [2.75, 3.05) is 12.3 Å². The molecule has 1 amide bonds. The zero-order valence-electron chi connectivity index (χ0n) is 13.6. The van der Waals surface area contributed by atoms with E-state index in [0.717, 1.165) is 19.3 Å². The quantitative estimate of drug-likeness (QED) is 0.612. The Morgan fingerprint density at radius 3 is 2.87 bits per heavy atom. The first-order valence-electron chi connectivity index (χ1n) is 7.63. The van der Waals surface area contributed by atoms with Crippen LogP contribution in [0.5, 0.6) is 0 Å². The SMILES string of the molecule is CC(C)(C)OC(=O)N1CCCC[C@@H]1C[S@@](=O)c1ccnc(Cl)n1. The molecule has 0 aromatic carbocycles. The molecule has 0 unspecified atom stereocenters. The number of aromatic nitrogens is 2. The lowest BCUT2D eigenvalue weighted by atomic mass is 10.0. The zero-order chi connectivity index (χ0) is 17.0. The van der Waals surface area contributed by atoms with Gasteiger partial charge in [-0.1, -0.05) is 0 Å². The predicted molar refractivity (Wildman–Crippen MR) is 88.9 cm³/mol. The first-order valence-corrected chi connectivity index (χ1v) is 9.32. The fraction of sp³-hybridized carbons (Fsp3) is 0.667. The van der Waals surface area contributed by atoms with Crippen molar-refractivity contribution in [3.63, 3.8) is 0 Å². The van der Waals surface area contributed by atoms with Gasteiger partial charge in [-0.3, -0.25) is 4.21 Å². The molecule has 1 aliphatic heterocycles. The monoisotopic (exact) mass is 359 g/mol. The number of carbonyl (C=O) groups excluding carboxylic acids is 1. The number of nitrogens with zero attached hydrogens (tertiary/aromatic N) is 3. The highest BCUT2D eigenvalue weighted by atomic mass is 35.5. The molecule has 1 aliphatic rings. The van der Waals surface area contributed by atoms with Crippen LogP contribution >= 0.6 is 11.6 Å². The molecule has 0 radical (unpaired) electrons. The second-order valence-corrected chi connectivity index (χ2v) is 8.28. The normalized spacial score (nSPS) is 20.2. The Balaban J connectivity index is 2.06. The Kier molecular flexibility index (Phi) is 5.97. The Bertz CT molecular complexity index is 592. The molecule has 1 aromatic heterocycles. The molecule has 1 aromatic rings. The summed E-state index contributed by atoms with van der Waals surface area (Å²) in [6.45, 7) is 6.14. The van der Waals surface area contributed by atoms with Crippen molar-refractivity contribution in [3.8, 4) is 0 Å². The molecule has 23 heavy (non-hydrogen) atoms. The van der Waals surface area contributed by atoms with Crippen molar-refractivity contribution in [2.24, 2.45) is 0 Å². The number of carbonyl (C=O) groups is 1. The minimum Gasteiger partial charge on any atom is -0.444 e. The van der Waals surface area contributed by atoms with Gasteiger partial charge in [0, 0.05) is 18.8 Å². The zero-order valence-corrected chi connectivity index (χ0v) is 15.2. The van der Waals surface area contributed by atoms with Crippen LogP contribution in [-0.2, 0) is 15.5 Å². The van der Waals surface area contributed by atoms with E-state index in [1.54, 1.807) is 11.0 Å². The predicted octanol–water partition coefficient (Wildman–Crippen LogP) is 3.03. The number of hydrogen-bond donors (Lipinski definition) is 0. The van der Waals surface area contributed by atoms with Gasteiger partial charge in [-0.25, -0.2) is 14.8 Å². The minimum absolute atomic E-state index is 0.0727. The van der Waals surface area contributed by atoms with Crippen LogP contribution in [-0.4, -0.2) is 49.1 Å². The van der Waals surface area contributed by atoms with Gasteiger partial charge in [0.05, 0.1) is 16.6 Å². The molecule has 2 heterocycles. The lowest BCUT2D eigenvalue weighted by Crippen LogP contribution is -2.48. The van der Waals surface area contributed by atoms with Gasteiger partial charge in [0.2, 0.25) is 5.28 Å². The van der Waals surface area contributed by atoms with Crippen LogP contribution in [0.3, 0.4) is 0 Å². The standard InChI is InChI=1S/C15H22ClN3O3S/c1-15(2,3)22-14(20)19-9-5-4-6-11(19)10-23(21)12-7-8-17-13(16)18-12/h7-8,11H,4-6,9-10H2,1-3H3/t11-,23-/m1/s1. The Morgan fingerprint density at radius 1 is 1.48 bits per heavy atom. The molecular formula is C15H22ClN3O3S. The molecule has 0 saturated carbocycles. The van der Waals surface area contributed by atoms with Crippen LogP contribution in [0.25, 0.3) is 0 Å². The lowest BCUT2D eigenvalue weighted by molar-refractivity contribution is 0.0125. The van der Waals surface area contributed by atoms with E-state index in [-0.39, 0.29) is 17.4 Å². The van der Waals surface area contributed by atoms with Gasteiger partial charge >= 0.3 is 6.09 Å². The van der Waals surface area contributed by atoms with Crippen LogP contribution in [0.1, 0.15) is 40.0 Å². The highest BCUT2D eigenvalue weighted by Crippen LogP contribution is 2.22. The highest BCUT2D eigenvalue weighted by molar-refractivity contribution is 7.85. The Morgan fingerprint density at radius 2 is 2.22 bits per heavy atom. The average molecular weight is 360 g/mol. The van der Waals surface area contributed by atoms with E-state index in [4.69, 9.17) is 16.3 Å². The Hall–Kier alpha value is -1.21. The summed E-state index contributed by atoms with van der Waals surface area (Å²) in [6.07, 6.45) is 3.88. The summed E-state index contributed by atoms with van der Waals surface area (Å²) < 4.78 is 18.0. The van der Waals surface area contributed by atoms with Crippen LogP contribution in [0, 0.1) is 0 Å². The van der Waals surface area contributed by atoms with E-state index in [2.05, 4.69) is 9.97 Å². The third-order valence-electron chi connectivity index (χ3n) is 3.43. The first kappa shape index (κ1) is 18.1. The topological polar surface area (TPSA) is 72.4 Å². The minimum atomic E-state index is -1.34. The third-order valence-corrected chi connectivity index (χ3v) is 5.00. The summed E-state index contributed by atoms with van der Waals surface area (Å²) in [7, 11) is -1.34. The molecule has 0 aliphatic carbocycles. The van der Waals surface area contributed by atoms with Crippen molar-refractivity contribution in [3.05, 3.63) is 17.5 Å². The fourth-order valence-electron chi connectivity index (χ4n) is 2.44. The summed E-state index contributed by atoms with van der Waals surface area (Å²) >= 11 is 5.74. The number of amides is 1. The third kappa shape index (κ3) is 5.42. The summed E-state index contributed by atoms with van der Waals surface area (Å²) in [5.41, 5.74) is -0.543. The number of likely N-dealkylation sites (tertiary alicyclic amines) is 1. The van der Waals surface area contributed by atoms with Gasteiger partial charge in [0.15, 0.2) is 0 Å². The van der Waals surface area contributed by atoms with Gasteiger partial charge in [-0.05, 0) is 57.7 Å². The number of ether oxygens (including phenoxy) is 1. The second kappa shape index (κ2) is 7.57. The summed E-state index contributed by atoms with van der Waals surface area (Å²) in [5, 5.41) is 0.461. The number of piperidine rings is 1. The van der Waals surface area contributed by atoms with E-state index in [0.29, 0.717) is 17.3 Å². The summed E-state index contributed by atoms with van der Waals surface area (Å²) in [6, 6.07) is 1.47. The van der Waals surface area contributed by atoms with Gasteiger partial charge < -0.3 is 9.64 Å². The highest BCUT2D eigenvalue weighted by Gasteiger charge is 2.31. The molecule has 8 heteroatoms. The molecular weight excluding hydrogens is 338 g/mol. The van der Waals surface area contributed by atoms with Crippen LogP contribution in [0.2, 0.25) is 5.28 Å². The maximum atomic E-state index is 12.5. The van der Waals surface area contributed by atoms with Gasteiger partial charge in [0.1, 0.15) is 10.6 Å². The summed E-state index contributed by atoms with van der Waals surface area (Å²) in [5.74, 6) is 0.326. The smallest absolute Gasteiger partial charge is 0.410 e. The number of halogens is 1. The molecule has 0 bridgehead atoms. The van der Waals surface area contributed by atoms with Crippen molar-refractivity contribution in [1.82, 2.24) is 14.9 Å². The maximum Gasteiger partial charge on any atom is 0.410 e. The van der Waals surface area contributed by atoms with Gasteiger partial charge in [-0.15, -0.1) is 0 Å². The second-order valence-electron chi connectivity index (χ2n) is 6.50. The van der Waals surface area contributed by atoms with Gasteiger partial charge in [0.25, 0.3) is 0 Å².